The van der Waals surface area contributed by atoms with Crippen molar-refractivity contribution < 1.29 is 13.9 Å². The molecule has 152 valence electrons. The van der Waals surface area contributed by atoms with Gasteiger partial charge in [0.05, 0.1) is 6.10 Å². The lowest BCUT2D eigenvalue weighted by atomic mass is 9.97. The van der Waals surface area contributed by atoms with Gasteiger partial charge >= 0.3 is 0 Å². The molecule has 0 N–H and O–H groups in total. The summed E-state index contributed by atoms with van der Waals surface area (Å²) in [6.45, 7) is 4.93. The first kappa shape index (κ1) is 19.8. The zero-order valence-electron chi connectivity index (χ0n) is 17.0. The van der Waals surface area contributed by atoms with Crippen LogP contribution in [0.1, 0.15) is 35.3 Å². The number of carbonyl (C=O) groups excluding carboxylic acids is 1. The van der Waals surface area contributed by atoms with Crippen molar-refractivity contribution in [2.45, 2.75) is 33.0 Å². The van der Waals surface area contributed by atoms with Gasteiger partial charge in [-0.1, -0.05) is 48.5 Å². The SMILES string of the molecule is CC(C)O/C(=N\C(=O)c1ccc(F)cc1)N1Cc2ccccc2-c2ccccc2C1. The maximum atomic E-state index is 13.2. The molecule has 0 saturated carbocycles. The molecule has 0 aromatic heterocycles. The van der Waals surface area contributed by atoms with Gasteiger partial charge in [-0.15, -0.1) is 0 Å². The van der Waals surface area contributed by atoms with Crippen LogP contribution in [0.15, 0.2) is 77.8 Å². The van der Waals surface area contributed by atoms with Crippen molar-refractivity contribution in [3.05, 3.63) is 95.3 Å². The maximum Gasteiger partial charge on any atom is 0.296 e. The molecule has 4 rings (SSSR count). The van der Waals surface area contributed by atoms with E-state index in [4.69, 9.17) is 4.74 Å². The summed E-state index contributed by atoms with van der Waals surface area (Å²) in [6.07, 6.45) is -0.154. The second kappa shape index (κ2) is 8.49. The molecule has 0 unspecified atom stereocenters. The normalized spacial score (nSPS) is 13.5. The van der Waals surface area contributed by atoms with Gasteiger partial charge in [0, 0.05) is 18.7 Å². The quantitative estimate of drug-likeness (QED) is 0.424. The molecular formula is C25H23FN2O2. The number of nitrogens with zero attached hydrogens (tertiary/aromatic N) is 2. The third kappa shape index (κ3) is 4.25. The van der Waals surface area contributed by atoms with E-state index in [1.54, 1.807) is 0 Å². The minimum Gasteiger partial charge on any atom is -0.462 e. The van der Waals surface area contributed by atoms with Gasteiger partial charge in [-0.3, -0.25) is 4.79 Å². The Labute approximate surface area is 175 Å². The Morgan fingerprint density at radius 2 is 1.43 bits per heavy atom. The third-order valence-corrected chi connectivity index (χ3v) is 4.95. The third-order valence-electron chi connectivity index (χ3n) is 4.95. The first-order chi connectivity index (χ1) is 14.5. The number of carbonyl (C=O) groups is 1. The Kier molecular flexibility index (Phi) is 5.61. The van der Waals surface area contributed by atoms with E-state index in [0.717, 1.165) is 11.1 Å². The summed E-state index contributed by atoms with van der Waals surface area (Å²) >= 11 is 0. The van der Waals surface area contributed by atoms with Crippen LogP contribution in [0.2, 0.25) is 0 Å². The Hall–Kier alpha value is -3.47. The lowest BCUT2D eigenvalue weighted by Crippen LogP contribution is -2.34. The molecule has 3 aromatic rings. The summed E-state index contributed by atoms with van der Waals surface area (Å²) in [7, 11) is 0. The van der Waals surface area contributed by atoms with Gasteiger partial charge in [-0.05, 0) is 60.4 Å². The fourth-order valence-electron chi connectivity index (χ4n) is 3.57. The van der Waals surface area contributed by atoms with Crippen molar-refractivity contribution >= 4 is 11.9 Å². The van der Waals surface area contributed by atoms with Crippen molar-refractivity contribution in [1.29, 1.82) is 0 Å². The van der Waals surface area contributed by atoms with Crippen LogP contribution in [0.5, 0.6) is 0 Å². The zero-order chi connectivity index (χ0) is 21.1. The maximum absolute atomic E-state index is 13.2. The molecule has 1 heterocycles. The molecule has 0 radical (unpaired) electrons. The standard InChI is InChI=1S/C25H23FN2O2/c1-17(2)30-25(27-24(29)18-11-13-21(26)14-12-18)28-15-19-7-3-5-9-22(19)23-10-6-4-8-20(23)16-28/h3-14,17H,15-16H2,1-2H3/b27-25-. The van der Waals surface area contributed by atoms with Gasteiger partial charge in [0.1, 0.15) is 5.82 Å². The van der Waals surface area contributed by atoms with Crippen molar-refractivity contribution in [2.24, 2.45) is 4.99 Å². The second-order valence-electron chi connectivity index (χ2n) is 7.54. The number of benzene rings is 3. The topological polar surface area (TPSA) is 41.9 Å². The Morgan fingerprint density at radius 3 is 1.97 bits per heavy atom. The minimum absolute atomic E-state index is 0.154. The predicted molar refractivity (Wildman–Crippen MR) is 116 cm³/mol. The lowest BCUT2D eigenvalue weighted by molar-refractivity contribution is 0.0986. The second-order valence-corrected chi connectivity index (χ2v) is 7.54. The largest absolute Gasteiger partial charge is 0.462 e. The fourth-order valence-corrected chi connectivity index (χ4v) is 3.57. The van der Waals surface area contributed by atoms with Gasteiger partial charge < -0.3 is 9.64 Å². The van der Waals surface area contributed by atoms with Gasteiger partial charge in [-0.25, -0.2) is 4.39 Å². The number of fused-ring (bicyclic) bond motifs is 3. The van der Waals surface area contributed by atoms with E-state index >= 15 is 0 Å². The number of hydrogen-bond acceptors (Lipinski definition) is 2. The van der Waals surface area contributed by atoms with E-state index in [2.05, 4.69) is 29.3 Å². The van der Waals surface area contributed by atoms with Crippen LogP contribution in [-0.2, 0) is 17.8 Å². The molecule has 0 bridgehead atoms. The summed E-state index contributed by atoms with van der Waals surface area (Å²) in [4.78, 5) is 19.0. The van der Waals surface area contributed by atoms with Crippen LogP contribution in [0.4, 0.5) is 4.39 Å². The molecule has 3 aromatic carbocycles. The summed E-state index contributed by atoms with van der Waals surface area (Å²) in [6, 6.07) is 22.1. The molecule has 30 heavy (non-hydrogen) atoms. The van der Waals surface area contributed by atoms with Crippen LogP contribution < -0.4 is 0 Å². The summed E-state index contributed by atoms with van der Waals surface area (Å²) in [5.41, 5.74) is 4.93. The highest BCUT2D eigenvalue weighted by molar-refractivity contribution is 6.01. The van der Waals surface area contributed by atoms with E-state index in [1.165, 1.54) is 35.4 Å². The van der Waals surface area contributed by atoms with Crippen molar-refractivity contribution in [3.8, 4) is 11.1 Å². The molecular weight excluding hydrogens is 379 g/mol. The van der Waals surface area contributed by atoms with Crippen LogP contribution >= 0.6 is 0 Å². The van der Waals surface area contributed by atoms with E-state index in [1.807, 2.05) is 43.0 Å². The highest BCUT2D eigenvalue weighted by Gasteiger charge is 2.24. The van der Waals surface area contributed by atoms with Crippen LogP contribution in [0.3, 0.4) is 0 Å². The minimum atomic E-state index is -0.462. The number of ether oxygens (including phenoxy) is 1. The Bertz CT molecular complexity index is 1040. The van der Waals surface area contributed by atoms with E-state index < -0.39 is 11.7 Å². The number of aliphatic imine (C=N–C) groups is 1. The zero-order valence-corrected chi connectivity index (χ0v) is 17.0. The highest BCUT2D eigenvalue weighted by Crippen LogP contribution is 2.32. The number of amides is 1. The fraction of sp³-hybridized carbons (Fsp3) is 0.200. The molecule has 4 nitrogen and oxygen atoms in total. The first-order valence-electron chi connectivity index (χ1n) is 9.97. The average Bonchev–Trinajstić information content (AvgIpc) is 2.90. The van der Waals surface area contributed by atoms with Crippen molar-refractivity contribution in [2.75, 3.05) is 0 Å². The molecule has 1 amide bonds. The van der Waals surface area contributed by atoms with E-state index in [9.17, 15) is 9.18 Å². The molecule has 0 fully saturated rings. The Morgan fingerprint density at radius 1 is 0.900 bits per heavy atom. The molecule has 0 aliphatic carbocycles. The summed E-state index contributed by atoms with van der Waals surface area (Å²) < 4.78 is 19.2. The van der Waals surface area contributed by atoms with Gasteiger partial charge in [0.2, 0.25) is 0 Å². The number of halogens is 1. The van der Waals surface area contributed by atoms with Crippen LogP contribution in [0.25, 0.3) is 11.1 Å². The van der Waals surface area contributed by atoms with Gasteiger partial charge in [0.15, 0.2) is 0 Å². The number of rotatable bonds is 2. The van der Waals surface area contributed by atoms with Gasteiger partial charge in [0.25, 0.3) is 11.9 Å². The molecule has 1 aliphatic heterocycles. The Balaban J connectivity index is 1.74. The molecule has 0 atom stereocenters. The van der Waals surface area contributed by atoms with Crippen LogP contribution in [0, 0.1) is 5.82 Å². The van der Waals surface area contributed by atoms with Crippen LogP contribution in [-0.4, -0.2) is 22.9 Å². The van der Waals surface area contributed by atoms with Gasteiger partial charge in [-0.2, -0.15) is 4.99 Å². The average molecular weight is 402 g/mol. The smallest absolute Gasteiger partial charge is 0.296 e. The van der Waals surface area contributed by atoms with Crippen molar-refractivity contribution in [3.63, 3.8) is 0 Å². The summed E-state index contributed by atoms with van der Waals surface area (Å²) in [5, 5.41) is 0. The molecule has 1 aliphatic rings. The predicted octanol–water partition coefficient (Wildman–Crippen LogP) is 5.43. The first-order valence-corrected chi connectivity index (χ1v) is 9.97. The van der Waals surface area contributed by atoms with E-state index in [0.29, 0.717) is 18.7 Å². The monoisotopic (exact) mass is 402 g/mol. The van der Waals surface area contributed by atoms with E-state index in [-0.39, 0.29) is 12.1 Å². The summed E-state index contributed by atoms with van der Waals surface area (Å²) in [5.74, 6) is -0.855. The molecule has 0 spiro atoms. The lowest BCUT2D eigenvalue weighted by Gasteiger charge is -2.26. The molecule has 5 heteroatoms. The molecule has 0 saturated heterocycles. The van der Waals surface area contributed by atoms with Crippen molar-refractivity contribution in [1.82, 2.24) is 4.90 Å². The highest BCUT2D eigenvalue weighted by atomic mass is 19.1. The number of amidine groups is 1. The number of hydrogen-bond donors (Lipinski definition) is 0.